The van der Waals surface area contributed by atoms with Gasteiger partial charge in [0.15, 0.2) is 5.96 Å². The lowest BCUT2D eigenvalue weighted by Crippen LogP contribution is -2.45. The summed E-state index contributed by atoms with van der Waals surface area (Å²) in [5.74, 6) is 0.876. The molecule has 7 nitrogen and oxygen atoms in total. The maximum Gasteiger partial charge on any atom is 0.251 e. The van der Waals surface area contributed by atoms with Crippen molar-refractivity contribution >= 4 is 41.8 Å². The highest BCUT2D eigenvalue weighted by atomic mass is 127. The van der Waals surface area contributed by atoms with Crippen molar-refractivity contribution in [3.63, 3.8) is 0 Å². The molecule has 27 heavy (non-hydrogen) atoms. The Kier molecular flexibility index (Phi) is 10.8. The average Bonchev–Trinajstić information content (AvgIpc) is 3.15. The molecule has 0 radical (unpaired) electrons. The quantitative estimate of drug-likeness (QED) is 0.236. The second kappa shape index (κ2) is 12.5. The second-order valence-electron chi connectivity index (χ2n) is 6.30. The zero-order valence-corrected chi connectivity index (χ0v) is 18.4. The smallest absolute Gasteiger partial charge is 0.251 e. The molecule has 1 heterocycles. The minimum atomic E-state index is -0.0558. The van der Waals surface area contributed by atoms with Crippen molar-refractivity contribution < 1.29 is 9.59 Å². The topological polar surface area (TPSA) is 85.8 Å². The Bertz CT molecular complexity index is 624. The van der Waals surface area contributed by atoms with E-state index in [1.165, 1.54) is 0 Å². The number of hydrogen-bond donors (Lipinski definition) is 3. The van der Waals surface area contributed by atoms with E-state index in [4.69, 9.17) is 0 Å². The van der Waals surface area contributed by atoms with Gasteiger partial charge in [-0.3, -0.25) is 14.6 Å². The Labute approximate surface area is 178 Å². The van der Waals surface area contributed by atoms with Gasteiger partial charge in [-0.25, -0.2) is 0 Å². The van der Waals surface area contributed by atoms with E-state index in [1.54, 1.807) is 19.2 Å². The second-order valence-corrected chi connectivity index (χ2v) is 6.30. The number of amides is 2. The summed E-state index contributed by atoms with van der Waals surface area (Å²) in [6, 6.07) is 9.42. The number of nitrogens with zero attached hydrogens (tertiary/aromatic N) is 2. The maximum atomic E-state index is 11.9. The summed E-state index contributed by atoms with van der Waals surface area (Å²) in [6.07, 6.45) is 2.28. The zero-order valence-electron chi connectivity index (χ0n) is 16.0. The highest BCUT2D eigenvalue weighted by Gasteiger charge is 2.25. The first kappa shape index (κ1) is 23.2. The molecule has 1 unspecified atom stereocenters. The number of benzene rings is 1. The fourth-order valence-corrected chi connectivity index (χ4v) is 2.90. The van der Waals surface area contributed by atoms with Gasteiger partial charge in [0.05, 0.1) is 0 Å². The molecule has 1 aromatic rings. The molecule has 1 atom stereocenters. The Morgan fingerprint density at radius 2 is 1.89 bits per heavy atom. The molecule has 2 rings (SSSR count). The van der Waals surface area contributed by atoms with E-state index in [0.29, 0.717) is 25.1 Å². The van der Waals surface area contributed by atoms with Gasteiger partial charge in [-0.15, -0.1) is 24.0 Å². The lowest BCUT2D eigenvalue weighted by Gasteiger charge is -2.18. The Morgan fingerprint density at radius 1 is 1.19 bits per heavy atom. The van der Waals surface area contributed by atoms with E-state index in [1.807, 2.05) is 30.0 Å². The van der Waals surface area contributed by atoms with E-state index in [-0.39, 0.29) is 41.8 Å². The fraction of sp³-hybridized carbons (Fsp3) is 0.526. The van der Waals surface area contributed by atoms with Gasteiger partial charge in [-0.05, 0) is 25.0 Å². The molecule has 1 aromatic carbocycles. The first-order chi connectivity index (χ1) is 12.6. The molecule has 1 aliphatic rings. The number of hydrogen-bond acceptors (Lipinski definition) is 3. The molecular weight excluding hydrogens is 457 g/mol. The van der Waals surface area contributed by atoms with E-state index >= 15 is 0 Å². The molecule has 0 aliphatic carbocycles. The molecular formula is C19H30IN5O2. The lowest BCUT2D eigenvalue weighted by molar-refractivity contribution is -0.129. The van der Waals surface area contributed by atoms with E-state index in [0.717, 1.165) is 31.9 Å². The van der Waals surface area contributed by atoms with Crippen LogP contribution < -0.4 is 16.0 Å². The van der Waals surface area contributed by atoms with Crippen LogP contribution in [0, 0.1) is 0 Å². The summed E-state index contributed by atoms with van der Waals surface area (Å²) in [4.78, 5) is 29.8. The van der Waals surface area contributed by atoms with Crippen molar-refractivity contribution in [1.82, 2.24) is 20.9 Å². The Balaban J connectivity index is 0.00000364. The molecule has 1 fully saturated rings. The van der Waals surface area contributed by atoms with Crippen LogP contribution in [0.4, 0.5) is 0 Å². The lowest BCUT2D eigenvalue weighted by atomic mass is 10.2. The van der Waals surface area contributed by atoms with Crippen molar-refractivity contribution in [2.24, 2.45) is 4.99 Å². The summed E-state index contributed by atoms with van der Waals surface area (Å²) >= 11 is 0. The van der Waals surface area contributed by atoms with Gasteiger partial charge in [0.25, 0.3) is 5.91 Å². The number of nitrogens with one attached hydrogen (secondary N) is 3. The first-order valence-corrected chi connectivity index (χ1v) is 9.22. The number of carbonyl (C=O) groups excluding carboxylic acids is 2. The van der Waals surface area contributed by atoms with Gasteiger partial charge in [0.1, 0.15) is 0 Å². The number of aliphatic imine (C=N–C) groups is 1. The number of halogens is 1. The van der Waals surface area contributed by atoms with Crippen LogP contribution in [0.1, 0.15) is 36.5 Å². The van der Waals surface area contributed by atoms with Crippen molar-refractivity contribution in [1.29, 1.82) is 0 Å². The normalized spacial score (nSPS) is 16.4. The summed E-state index contributed by atoms with van der Waals surface area (Å²) in [5.41, 5.74) is 0.672. The largest absolute Gasteiger partial charge is 0.356 e. The van der Waals surface area contributed by atoms with E-state index < -0.39 is 0 Å². The third kappa shape index (κ3) is 7.74. The first-order valence-electron chi connectivity index (χ1n) is 9.22. The monoisotopic (exact) mass is 487 g/mol. The van der Waals surface area contributed by atoms with Gasteiger partial charge >= 0.3 is 0 Å². The summed E-state index contributed by atoms with van der Waals surface area (Å²) in [6.45, 7) is 4.71. The minimum absolute atomic E-state index is 0. The van der Waals surface area contributed by atoms with Crippen molar-refractivity contribution in [3.8, 4) is 0 Å². The third-order valence-corrected chi connectivity index (χ3v) is 4.38. The van der Waals surface area contributed by atoms with Gasteiger partial charge in [-0.2, -0.15) is 0 Å². The average molecular weight is 487 g/mol. The van der Waals surface area contributed by atoms with Crippen molar-refractivity contribution in [2.75, 3.05) is 33.2 Å². The predicted molar refractivity (Wildman–Crippen MR) is 119 cm³/mol. The van der Waals surface area contributed by atoms with Crippen LogP contribution in [0.3, 0.4) is 0 Å². The molecule has 0 aromatic heterocycles. The number of carbonyl (C=O) groups is 2. The Hall–Kier alpha value is -1.84. The molecule has 0 spiro atoms. The third-order valence-electron chi connectivity index (χ3n) is 4.38. The van der Waals surface area contributed by atoms with Crippen molar-refractivity contribution in [2.45, 2.75) is 32.2 Å². The number of likely N-dealkylation sites (tertiary alicyclic amines) is 1. The van der Waals surface area contributed by atoms with Crippen LogP contribution in [-0.4, -0.2) is 61.9 Å². The number of rotatable bonds is 7. The standard InChI is InChI=1S/C19H29N5O2.HI/c1-3-17(25)24-13-10-16(14-24)23-19(20-2)22-12-7-11-21-18(26)15-8-5-4-6-9-15;/h4-6,8-9,16H,3,7,10-14H2,1-2H3,(H,21,26)(H2,20,22,23);1H. The Morgan fingerprint density at radius 3 is 2.56 bits per heavy atom. The van der Waals surface area contributed by atoms with Crippen LogP contribution >= 0.6 is 24.0 Å². The van der Waals surface area contributed by atoms with Crippen LogP contribution in [-0.2, 0) is 4.79 Å². The highest BCUT2D eigenvalue weighted by Crippen LogP contribution is 2.10. The van der Waals surface area contributed by atoms with Crippen LogP contribution in [0.2, 0.25) is 0 Å². The minimum Gasteiger partial charge on any atom is -0.356 e. The predicted octanol–water partition coefficient (Wildman–Crippen LogP) is 1.60. The molecule has 8 heteroatoms. The van der Waals surface area contributed by atoms with Crippen LogP contribution in [0.25, 0.3) is 0 Å². The van der Waals surface area contributed by atoms with Gasteiger partial charge in [0.2, 0.25) is 5.91 Å². The van der Waals surface area contributed by atoms with Crippen molar-refractivity contribution in [3.05, 3.63) is 35.9 Å². The SMILES string of the molecule is CCC(=O)N1CCC(NC(=NC)NCCCNC(=O)c2ccccc2)C1.I. The fourth-order valence-electron chi connectivity index (χ4n) is 2.90. The van der Waals surface area contributed by atoms with E-state index in [2.05, 4.69) is 20.9 Å². The molecule has 0 saturated carbocycles. The van der Waals surface area contributed by atoms with Crippen LogP contribution in [0.15, 0.2) is 35.3 Å². The van der Waals surface area contributed by atoms with Gasteiger partial charge < -0.3 is 20.9 Å². The molecule has 0 bridgehead atoms. The van der Waals surface area contributed by atoms with Gasteiger partial charge in [0, 0.05) is 51.3 Å². The number of guanidine groups is 1. The molecule has 1 aliphatic heterocycles. The summed E-state index contributed by atoms with van der Waals surface area (Å²) in [5, 5.41) is 9.51. The zero-order chi connectivity index (χ0) is 18.8. The van der Waals surface area contributed by atoms with Crippen LogP contribution in [0.5, 0.6) is 0 Å². The highest BCUT2D eigenvalue weighted by molar-refractivity contribution is 14.0. The summed E-state index contributed by atoms with van der Waals surface area (Å²) in [7, 11) is 1.73. The molecule has 1 saturated heterocycles. The molecule has 150 valence electrons. The van der Waals surface area contributed by atoms with Gasteiger partial charge in [-0.1, -0.05) is 25.1 Å². The van der Waals surface area contributed by atoms with E-state index in [9.17, 15) is 9.59 Å². The maximum absolute atomic E-state index is 11.9. The molecule has 3 N–H and O–H groups in total. The summed E-state index contributed by atoms with van der Waals surface area (Å²) < 4.78 is 0. The molecule has 2 amide bonds.